The lowest BCUT2D eigenvalue weighted by atomic mass is 9.88. The van der Waals surface area contributed by atoms with Crippen LogP contribution in [-0.2, 0) is 0 Å². The molecule has 5 aromatic rings. The summed E-state index contributed by atoms with van der Waals surface area (Å²) in [4.78, 5) is 0. The van der Waals surface area contributed by atoms with Crippen LogP contribution in [0.3, 0.4) is 0 Å². The molecule has 40 heavy (non-hydrogen) atoms. The normalized spacial score (nSPS) is 18.8. The molecule has 3 heteroatoms. The van der Waals surface area contributed by atoms with E-state index in [1.807, 2.05) is 23.1 Å². The van der Waals surface area contributed by atoms with E-state index in [9.17, 15) is 0 Å². The molecule has 204 valence electrons. The number of aromatic nitrogens is 3. The molecule has 0 spiro atoms. The SMILES string of the molecule is CC(CCC(C)c1cccc(-n2cccc2)c1)c1ccc(C2CC2CC(C)c2cccc(-n3cccn3)c2)cc1. The van der Waals surface area contributed by atoms with Crippen LogP contribution in [0.4, 0.5) is 0 Å². The van der Waals surface area contributed by atoms with E-state index in [0.717, 1.165) is 11.6 Å². The van der Waals surface area contributed by atoms with Gasteiger partial charge in [0.2, 0.25) is 0 Å². The molecule has 1 aliphatic rings. The number of rotatable bonds is 11. The second kappa shape index (κ2) is 11.7. The Hall–Kier alpha value is -3.85. The second-order valence-corrected chi connectivity index (χ2v) is 12.0. The summed E-state index contributed by atoms with van der Waals surface area (Å²) in [5.74, 6) is 3.17. The Labute approximate surface area is 239 Å². The molecule has 0 aliphatic heterocycles. The molecule has 3 aromatic carbocycles. The fraction of sp³-hybridized carbons (Fsp3) is 0.324. The Bertz CT molecular complexity index is 1480. The minimum atomic E-state index is 0.548. The van der Waals surface area contributed by atoms with Gasteiger partial charge in [0.05, 0.1) is 5.69 Å². The van der Waals surface area contributed by atoms with Crippen molar-refractivity contribution in [3.8, 4) is 11.4 Å². The predicted molar refractivity (Wildman–Crippen MR) is 166 cm³/mol. The Morgan fingerprint density at radius 2 is 1.32 bits per heavy atom. The molecule has 3 nitrogen and oxygen atoms in total. The maximum atomic E-state index is 4.39. The molecule has 1 saturated carbocycles. The van der Waals surface area contributed by atoms with Crippen molar-refractivity contribution in [2.24, 2.45) is 5.92 Å². The van der Waals surface area contributed by atoms with Crippen LogP contribution in [0.2, 0.25) is 0 Å². The first-order valence-corrected chi connectivity index (χ1v) is 15.0. The highest BCUT2D eigenvalue weighted by molar-refractivity contribution is 5.39. The average Bonchev–Trinajstić information content (AvgIpc) is 3.38. The van der Waals surface area contributed by atoms with Crippen molar-refractivity contribution in [1.29, 1.82) is 0 Å². The quantitative estimate of drug-likeness (QED) is 0.168. The zero-order valence-electron chi connectivity index (χ0n) is 24.0. The smallest absolute Gasteiger partial charge is 0.0648 e. The number of hydrogen-bond acceptors (Lipinski definition) is 1. The third-order valence-electron chi connectivity index (χ3n) is 9.10. The van der Waals surface area contributed by atoms with Crippen molar-refractivity contribution in [2.75, 3.05) is 0 Å². The Morgan fingerprint density at radius 3 is 2.02 bits per heavy atom. The molecule has 2 heterocycles. The van der Waals surface area contributed by atoms with Crippen molar-refractivity contribution < 1.29 is 0 Å². The van der Waals surface area contributed by atoms with Crippen LogP contribution in [0.25, 0.3) is 11.4 Å². The van der Waals surface area contributed by atoms with Crippen LogP contribution >= 0.6 is 0 Å². The van der Waals surface area contributed by atoms with Gasteiger partial charge in [0.25, 0.3) is 0 Å². The van der Waals surface area contributed by atoms with E-state index in [-0.39, 0.29) is 0 Å². The largest absolute Gasteiger partial charge is 0.324 e. The number of nitrogens with zero attached hydrogens (tertiary/aromatic N) is 3. The molecule has 1 aliphatic carbocycles. The second-order valence-electron chi connectivity index (χ2n) is 12.0. The standard InChI is InChI=1S/C37H41N3/c1-27(13-14-28(2)32-9-6-11-35(24-32)39-20-4-5-21-39)30-15-17-31(18-16-30)37-26-34(37)23-29(3)33-10-7-12-36(25-33)40-22-8-19-38-40/h4-12,15-22,24-25,27-29,34,37H,13-14,23,26H2,1-3H3. The van der Waals surface area contributed by atoms with Crippen molar-refractivity contribution in [2.45, 2.75) is 70.1 Å². The van der Waals surface area contributed by atoms with Gasteiger partial charge in [-0.15, -0.1) is 0 Å². The summed E-state index contributed by atoms with van der Waals surface area (Å²) < 4.78 is 4.13. The summed E-state index contributed by atoms with van der Waals surface area (Å²) >= 11 is 0. The van der Waals surface area contributed by atoms with Crippen molar-refractivity contribution >= 4 is 0 Å². The Morgan fingerprint density at radius 1 is 0.675 bits per heavy atom. The number of benzene rings is 3. The monoisotopic (exact) mass is 527 g/mol. The highest BCUT2D eigenvalue weighted by Crippen LogP contribution is 2.52. The van der Waals surface area contributed by atoms with Crippen LogP contribution in [0.15, 0.2) is 116 Å². The van der Waals surface area contributed by atoms with Gasteiger partial charge in [-0.3, -0.25) is 0 Å². The van der Waals surface area contributed by atoms with Gasteiger partial charge in [0.1, 0.15) is 0 Å². The molecule has 6 rings (SSSR count). The van der Waals surface area contributed by atoms with Crippen molar-refractivity contribution in [3.05, 3.63) is 138 Å². The molecule has 0 bridgehead atoms. The third kappa shape index (κ3) is 5.99. The minimum absolute atomic E-state index is 0.548. The molecule has 0 saturated heterocycles. The van der Waals surface area contributed by atoms with Crippen LogP contribution < -0.4 is 0 Å². The lowest BCUT2D eigenvalue weighted by Gasteiger charge is -2.18. The fourth-order valence-corrected chi connectivity index (χ4v) is 6.31. The molecule has 5 unspecified atom stereocenters. The van der Waals surface area contributed by atoms with E-state index >= 15 is 0 Å². The van der Waals surface area contributed by atoms with Gasteiger partial charge in [-0.2, -0.15) is 5.10 Å². The molecule has 1 fully saturated rings. The molecule has 0 amide bonds. The molecule has 2 aromatic heterocycles. The highest BCUT2D eigenvalue weighted by Gasteiger charge is 2.39. The summed E-state index contributed by atoms with van der Waals surface area (Å²) in [7, 11) is 0. The third-order valence-corrected chi connectivity index (χ3v) is 9.10. The van der Waals surface area contributed by atoms with Crippen LogP contribution in [0, 0.1) is 5.92 Å². The maximum Gasteiger partial charge on any atom is 0.0648 e. The van der Waals surface area contributed by atoms with E-state index in [1.54, 1.807) is 0 Å². The predicted octanol–water partition coefficient (Wildman–Crippen LogP) is 9.65. The van der Waals surface area contributed by atoms with Gasteiger partial charge in [0.15, 0.2) is 0 Å². The molecule has 0 radical (unpaired) electrons. The van der Waals surface area contributed by atoms with Gasteiger partial charge in [-0.25, -0.2) is 4.68 Å². The summed E-state index contributed by atoms with van der Waals surface area (Å²) in [5.41, 5.74) is 8.22. The van der Waals surface area contributed by atoms with Crippen molar-refractivity contribution in [1.82, 2.24) is 14.3 Å². The van der Waals surface area contributed by atoms with E-state index in [1.165, 1.54) is 53.6 Å². The maximum absolute atomic E-state index is 4.39. The Kier molecular flexibility index (Phi) is 7.73. The molecular formula is C37H41N3. The first-order valence-electron chi connectivity index (χ1n) is 15.0. The topological polar surface area (TPSA) is 22.8 Å². The minimum Gasteiger partial charge on any atom is -0.324 e. The lowest BCUT2D eigenvalue weighted by molar-refractivity contribution is 0.573. The van der Waals surface area contributed by atoms with Crippen LogP contribution in [0.5, 0.6) is 0 Å². The Balaban J connectivity index is 1.00. The summed E-state index contributed by atoms with van der Waals surface area (Å²) in [6.45, 7) is 7.13. The lowest BCUT2D eigenvalue weighted by Crippen LogP contribution is -2.01. The number of hydrogen-bond donors (Lipinski definition) is 0. The van der Waals surface area contributed by atoms with E-state index < -0.39 is 0 Å². The van der Waals surface area contributed by atoms with Crippen LogP contribution in [0.1, 0.15) is 92.4 Å². The zero-order chi connectivity index (χ0) is 27.5. The first-order chi connectivity index (χ1) is 19.5. The van der Waals surface area contributed by atoms with Crippen molar-refractivity contribution in [3.63, 3.8) is 0 Å². The summed E-state index contributed by atoms with van der Waals surface area (Å²) in [6.07, 6.45) is 13.0. The highest BCUT2D eigenvalue weighted by atomic mass is 15.3. The van der Waals surface area contributed by atoms with E-state index in [0.29, 0.717) is 23.7 Å². The zero-order valence-corrected chi connectivity index (χ0v) is 24.0. The van der Waals surface area contributed by atoms with Gasteiger partial charge in [0, 0.05) is 30.5 Å². The van der Waals surface area contributed by atoms with Crippen LogP contribution in [-0.4, -0.2) is 14.3 Å². The molecular weight excluding hydrogens is 486 g/mol. The molecule has 0 N–H and O–H groups in total. The van der Waals surface area contributed by atoms with Gasteiger partial charge < -0.3 is 4.57 Å². The van der Waals surface area contributed by atoms with E-state index in [2.05, 4.69) is 128 Å². The molecule has 5 atom stereocenters. The van der Waals surface area contributed by atoms with E-state index in [4.69, 9.17) is 0 Å². The summed E-state index contributed by atoms with van der Waals surface area (Å²) in [6, 6.07) is 33.6. The van der Waals surface area contributed by atoms with Gasteiger partial charge >= 0.3 is 0 Å². The average molecular weight is 528 g/mol. The first kappa shape index (κ1) is 26.4. The fourth-order valence-electron chi connectivity index (χ4n) is 6.31. The van der Waals surface area contributed by atoms with Gasteiger partial charge in [-0.05, 0) is 120 Å². The van der Waals surface area contributed by atoms with Gasteiger partial charge in [-0.1, -0.05) is 69.3 Å². The summed E-state index contributed by atoms with van der Waals surface area (Å²) in [5, 5.41) is 4.39.